The Balaban J connectivity index is 1.83. The van der Waals surface area contributed by atoms with E-state index < -0.39 is 29.6 Å². The highest BCUT2D eigenvalue weighted by Crippen LogP contribution is 2.30. The zero-order chi connectivity index (χ0) is 19.1. The first kappa shape index (κ1) is 19.8. The van der Waals surface area contributed by atoms with Gasteiger partial charge in [0.05, 0.1) is 11.8 Å². The number of aliphatic carboxylic acids is 1. The Kier molecular flexibility index (Phi) is 7.00. The van der Waals surface area contributed by atoms with Crippen LogP contribution >= 0.6 is 0 Å². The van der Waals surface area contributed by atoms with Gasteiger partial charge in [-0.05, 0) is 30.4 Å². The minimum Gasteiger partial charge on any atom is -0.483 e. The summed E-state index contributed by atoms with van der Waals surface area (Å²) in [7, 11) is 0. The van der Waals surface area contributed by atoms with Crippen LogP contribution in [0, 0.1) is 11.8 Å². The Bertz CT molecular complexity index is 659. The monoisotopic (exact) mass is 362 g/mol. The first-order valence-electron chi connectivity index (χ1n) is 8.93. The van der Waals surface area contributed by atoms with Gasteiger partial charge in [-0.1, -0.05) is 44.9 Å². The lowest BCUT2D eigenvalue weighted by molar-refractivity contribution is -0.149. The highest BCUT2D eigenvalue weighted by Gasteiger charge is 2.35. The van der Waals surface area contributed by atoms with Crippen molar-refractivity contribution in [2.24, 2.45) is 11.8 Å². The van der Waals surface area contributed by atoms with Gasteiger partial charge in [0.25, 0.3) is 5.91 Å². The topological polar surface area (TPSA) is 105 Å². The van der Waals surface area contributed by atoms with Gasteiger partial charge in [-0.2, -0.15) is 0 Å². The zero-order valence-corrected chi connectivity index (χ0v) is 15.2. The van der Waals surface area contributed by atoms with E-state index in [9.17, 15) is 19.5 Å². The summed E-state index contributed by atoms with van der Waals surface area (Å²) < 4.78 is 5.54. The Labute approximate surface area is 153 Å². The predicted molar refractivity (Wildman–Crippen MR) is 95.4 cm³/mol. The molecule has 0 unspecified atom stereocenters. The molecule has 2 atom stereocenters. The SMILES string of the molecule is CC(C)c1ccccc1OCC(=O)NNC(=O)[C@@H]1CCCC[C@@H]1C(=O)O. The third-order valence-corrected chi connectivity index (χ3v) is 4.64. The number of para-hydroxylation sites is 1. The Morgan fingerprint density at radius 3 is 2.42 bits per heavy atom. The van der Waals surface area contributed by atoms with Crippen LogP contribution in [-0.4, -0.2) is 29.5 Å². The molecule has 26 heavy (non-hydrogen) atoms. The summed E-state index contributed by atoms with van der Waals surface area (Å²) in [5.41, 5.74) is 5.63. The smallest absolute Gasteiger partial charge is 0.307 e. The van der Waals surface area contributed by atoms with Crippen molar-refractivity contribution < 1.29 is 24.2 Å². The highest BCUT2D eigenvalue weighted by atomic mass is 16.5. The third kappa shape index (κ3) is 5.21. The van der Waals surface area contributed by atoms with Gasteiger partial charge in [0.1, 0.15) is 5.75 Å². The number of hydrogen-bond donors (Lipinski definition) is 3. The molecule has 1 fully saturated rings. The number of rotatable bonds is 6. The number of carbonyl (C=O) groups is 3. The van der Waals surface area contributed by atoms with Gasteiger partial charge in [-0.15, -0.1) is 0 Å². The number of hydrazine groups is 1. The van der Waals surface area contributed by atoms with E-state index in [1.807, 2.05) is 32.0 Å². The van der Waals surface area contributed by atoms with Gasteiger partial charge in [0.15, 0.2) is 6.61 Å². The van der Waals surface area contributed by atoms with Gasteiger partial charge < -0.3 is 9.84 Å². The molecule has 1 saturated carbocycles. The van der Waals surface area contributed by atoms with Crippen molar-refractivity contribution in [2.45, 2.75) is 45.4 Å². The number of carbonyl (C=O) groups excluding carboxylic acids is 2. The lowest BCUT2D eigenvalue weighted by Crippen LogP contribution is -2.49. The maximum atomic E-state index is 12.2. The maximum Gasteiger partial charge on any atom is 0.307 e. The zero-order valence-electron chi connectivity index (χ0n) is 15.2. The number of carboxylic acids is 1. The Hall–Kier alpha value is -2.57. The number of amides is 2. The van der Waals surface area contributed by atoms with E-state index in [2.05, 4.69) is 10.9 Å². The van der Waals surface area contributed by atoms with Crippen molar-refractivity contribution in [1.29, 1.82) is 0 Å². The molecule has 1 aromatic carbocycles. The lowest BCUT2D eigenvalue weighted by atomic mass is 9.79. The van der Waals surface area contributed by atoms with E-state index in [4.69, 9.17) is 4.74 Å². The Morgan fingerprint density at radius 2 is 1.77 bits per heavy atom. The van der Waals surface area contributed by atoms with E-state index in [0.29, 0.717) is 18.6 Å². The van der Waals surface area contributed by atoms with Crippen molar-refractivity contribution in [1.82, 2.24) is 10.9 Å². The molecule has 0 aliphatic heterocycles. The van der Waals surface area contributed by atoms with Gasteiger partial charge in [0.2, 0.25) is 5.91 Å². The average Bonchev–Trinajstić information content (AvgIpc) is 2.64. The number of ether oxygens (including phenoxy) is 1. The molecule has 0 aromatic heterocycles. The van der Waals surface area contributed by atoms with Crippen LogP contribution in [0.2, 0.25) is 0 Å². The van der Waals surface area contributed by atoms with E-state index in [0.717, 1.165) is 18.4 Å². The van der Waals surface area contributed by atoms with Crippen molar-refractivity contribution in [2.75, 3.05) is 6.61 Å². The molecule has 2 rings (SSSR count). The standard InChI is InChI=1S/C19H26N2O5/c1-12(2)13-7-5-6-10-16(13)26-11-17(22)20-21-18(23)14-8-3-4-9-15(14)19(24)25/h5-7,10,12,14-15H,3-4,8-9,11H2,1-2H3,(H,20,22)(H,21,23)(H,24,25)/t14-,15+/m1/s1. The fraction of sp³-hybridized carbons (Fsp3) is 0.526. The summed E-state index contributed by atoms with van der Waals surface area (Å²) in [6.07, 6.45) is 2.61. The van der Waals surface area contributed by atoms with Crippen molar-refractivity contribution in [3.63, 3.8) is 0 Å². The summed E-state index contributed by atoms with van der Waals surface area (Å²) in [5, 5.41) is 9.23. The van der Waals surface area contributed by atoms with E-state index in [-0.39, 0.29) is 12.5 Å². The van der Waals surface area contributed by atoms with Crippen molar-refractivity contribution >= 4 is 17.8 Å². The lowest BCUT2D eigenvalue weighted by Gasteiger charge is -2.27. The summed E-state index contributed by atoms with van der Waals surface area (Å²) >= 11 is 0. The largest absolute Gasteiger partial charge is 0.483 e. The maximum absolute atomic E-state index is 12.2. The summed E-state index contributed by atoms with van der Waals surface area (Å²) in [4.78, 5) is 35.4. The van der Waals surface area contributed by atoms with E-state index in [1.165, 1.54) is 0 Å². The quantitative estimate of drug-likeness (QED) is 0.673. The number of benzene rings is 1. The number of hydrogen-bond acceptors (Lipinski definition) is 4. The van der Waals surface area contributed by atoms with Crippen molar-refractivity contribution in [3.8, 4) is 5.75 Å². The van der Waals surface area contributed by atoms with Crippen LogP contribution in [0.3, 0.4) is 0 Å². The second kappa shape index (κ2) is 9.22. The third-order valence-electron chi connectivity index (χ3n) is 4.64. The summed E-state index contributed by atoms with van der Waals surface area (Å²) in [6, 6.07) is 7.47. The molecule has 1 aromatic rings. The molecule has 3 N–H and O–H groups in total. The van der Waals surface area contributed by atoms with Crippen LogP contribution < -0.4 is 15.6 Å². The van der Waals surface area contributed by atoms with Gasteiger partial charge in [-0.25, -0.2) is 0 Å². The number of carboxylic acid groups (broad SMARTS) is 1. The molecule has 0 radical (unpaired) electrons. The van der Waals surface area contributed by atoms with Crippen LogP contribution in [0.15, 0.2) is 24.3 Å². The summed E-state index contributed by atoms with van der Waals surface area (Å²) in [5.74, 6) is -2.37. The van der Waals surface area contributed by atoms with Gasteiger partial charge >= 0.3 is 5.97 Å². The molecule has 1 aliphatic rings. The molecule has 7 nitrogen and oxygen atoms in total. The molecule has 0 spiro atoms. The molecule has 0 heterocycles. The molecule has 0 bridgehead atoms. The van der Waals surface area contributed by atoms with Crippen LogP contribution in [-0.2, 0) is 14.4 Å². The molecule has 2 amide bonds. The van der Waals surface area contributed by atoms with Crippen molar-refractivity contribution in [3.05, 3.63) is 29.8 Å². The second-order valence-corrected chi connectivity index (χ2v) is 6.85. The molecular weight excluding hydrogens is 336 g/mol. The normalized spacial score (nSPS) is 19.7. The van der Waals surface area contributed by atoms with Crippen LogP contribution in [0.5, 0.6) is 5.75 Å². The first-order valence-corrected chi connectivity index (χ1v) is 8.93. The molecular formula is C19H26N2O5. The van der Waals surface area contributed by atoms with Gasteiger partial charge in [-0.3, -0.25) is 25.2 Å². The van der Waals surface area contributed by atoms with Crippen LogP contribution in [0.4, 0.5) is 0 Å². The second-order valence-electron chi connectivity index (χ2n) is 6.85. The molecule has 0 saturated heterocycles. The minimum absolute atomic E-state index is 0.239. The first-order chi connectivity index (χ1) is 12.4. The Morgan fingerprint density at radius 1 is 1.12 bits per heavy atom. The van der Waals surface area contributed by atoms with Crippen LogP contribution in [0.25, 0.3) is 0 Å². The average molecular weight is 362 g/mol. The molecule has 142 valence electrons. The van der Waals surface area contributed by atoms with E-state index in [1.54, 1.807) is 6.07 Å². The van der Waals surface area contributed by atoms with E-state index >= 15 is 0 Å². The van der Waals surface area contributed by atoms with Gasteiger partial charge in [0, 0.05) is 0 Å². The molecule has 7 heteroatoms. The fourth-order valence-corrected chi connectivity index (χ4v) is 3.23. The molecule has 1 aliphatic carbocycles. The van der Waals surface area contributed by atoms with Crippen LogP contribution in [0.1, 0.15) is 51.0 Å². The predicted octanol–water partition coefficient (Wildman–Crippen LogP) is 2.23. The highest BCUT2D eigenvalue weighted by molar-refractivity contribution is 5.87. The fourth-order valence-electron chi connectivity index (χ4n) is 3.23. The number of nitrogens with one attached hydrogen (secondary N) is 2. The minimum atomic E-state index is -0.968. The summed E-state index contributed by atoms with van der Waals surface area (Å²) in [6.45, 7) is 3.83.